The average molecular weight is 449 g/mol. The number of hydrogen-bond acceptors (Lipinski definition) is 5. The number of ether oxygens (including phenoxy) is 4. The minimum atomic E-state index is 0.00388. The molecule has 3 rings (SSSR count). The van der Waals surface area contributed by atoms with Crippen molar-refractivity contribution in [2.75, 3.05) is 20.8 Å². The van der Waals surface area contributed by atoms with E-state index in [4.69, 9.17) is 18.9 Å². The molecule has 0 amide bonds. The molecule has 0 unspecified atom stereocenters. The van der Waals surface area contributed by atoms with Crippen molar-refractivity contribution in [3.05, 3.63) is 94.6 Å². The van der Waals surface area contributed by atoms with E-state index in [2.05, 4.69) is 0 Å². The van der Waals surface area contributed by atoms with Crippen molar-refractivity contribution >= 4 is 0 Å². The largest absolute Gasteiger partial charge is 0.490 e. The maximum Gasteiger partial charge on any atom is 0.207 e. The molecule has 0 aliphatic rings. The molecule has 0 aromatic heterocycles. The number of aliphatic hydroxyl groups excluding tert-OH is 1. The van der Waals surface area contributed by atoms with Crippen LogP contribution in [0.1, 0.15) is 29.2 Å². The molecule has 0 fully saturated rings. The second kappa shape index (κ2) is 12.0. The van der Waals surface area contributed by atoms with Crippen molar-refractivity contribution in [2.24, 2.45) is 0 Å². The van der Waals surface area contributed by atoms with Gasteiger partial charge < -0.3 is 24.1 Å². The number of benzene rings is 3. The first-order chi connectivity index (χ1) is 16.1. The van der Waals surface area contributed by atoms with Crippen LogP contribution in [0.3, 0.4) is 0 Å². The van der Waals surface area contributed by atoms with Gasteiger partial charge in [-0.2, -0.15) is 0 Å². The summed E-state index contributed by atoms with van der Waals surface area (Å²) >= 11 is 0. The lowest BCUT2D eigenvalue weighted by Crippen LogP contribution is -2.08. The fraction of sp³-hybridized carbons (Fsp3) is 0.286. The predicted molar refractivity (Wildman–Crippen MR) is 130 cm³/mol. The standard InChI is InChI=1S/C28H32O5/c1-20(17-29)15-16-24-21(2)25(32-18-22-11-7-5-8-12-22)27(30-3)28(31-4)26(24)33-19-23-13-9-6-10-14-23/h5-15,29H,16-19H2,1-4H3/b20-15-. The second-order valence-corrected chi connectivity index (χ2v) is 7.79. The fourth-order valence-electron chi connectivity index (χ4n) is 3.56. The fourth-order valence-corrected chi connectivity index (χ4v) is 3.56. The highest BCUT2D eigenvalue weighted by Gasteiger charge is 2.26. The summed E-state index contributed by atoms with van der Waals surface area (Å²) in [5.41, 5.74) is 4.83. The average Bonchev–Trinajstić information content (AvgIpc) is 2.86. The number of hydrogen-bond donors (Lipinski definition) is 1. The zero-order valence-corrected chi connectivity index (χ0v) is 19.8. The third-order valence-electron chi connectivity index (χ3n) is 5.45. The summed E-state index contributed by atoms with van der Waals surface area (Å²) in [6.07, 6.45) is 2.55. The Balaban J connectivity index is 2.05. The smallest absolute Gasteiger partial charge is 0.207 e. The maximum absolute atomic E-state index is 9.48. The lowest BCUT2D eigenvalue weighted by Gasteiger charge is -2.23. The van der Waals surface area contributed by atoms with Crippen LogP contribution in [0.5, 0.6) is 23.0 Å². The van der Waals surface area contributed by atoms with Crippen molar-refractivity contribution in [3.63, 3.8) is 0 Å². The highest BCUT2D eigenvalue weighted by atomic mass is 16.5. The van der Waals surface area contributed by atoms with E-state index in [0.29, 0.717) is 42.6 Å². The summed E-state index contributed by atoms with van der Waals surface area (Å²) in [4.78, 5) is 0. The molecule has 0 heterocycles. The van der Waals surface area contributed by atoms with E-state index in [0.717, 1.165) is 27.8 Å². The summed E-state index contributed by atoms with van der Waals surface area (Å²) in [6, 6.07) is 20.0. The Hall–Kier alpha value is -3.44. The van der Waals surface area contributed by atoms with Crippen LogP contribution in [0.25, 0.3) is 0 Å². The summed E-state index contributed by atoms with van der Waals surface area (Å²) in [5.74, 6) is 2.23. The van der Waals surface area contributed by atoms with Crippen LogP contribution >= 0.6 is 0 Å². The molecule has 0 radical (unpaired) electrons. The molecule has 5 heteroatoms. The monoisotopic (exact) mass is 448 g/mol. The highest BCUT2D eigenvalue weighted by Crippen LogP contribution is 2.50. The summed E-state index contributed by atoms with van der Waals surface area (Å²) < 4.78 is 24.1. The molecule has 3 aromatic carbocycles. The van der Waals surface area contributed by atoms with Crippen LogP contribution in [-0.4, -0.2) is 25.9 Å². The predicted octanol–water partition coefficient (Wildman–Crippen LogP) is 5.65. The van der Waals surface area contributed by atoms with Gasteiger partial charge in [-0.15, -0.1) is 0 Å². The van der Waals surface area contributed by atoms with Gasteiger partial charge in [0.05, 0.1) is 20.8 Å². The molecule has 0 aliphatic carbocycles. The first-order valence-corrected chi connectivity index (χ1v) is 11.0. The highest BCUT2D eigenvalue weighted by molar-refractivity contribution is 5.67. The Morgan fingerprint density at radius 1 is 0.758 bits per heavy atom. The van der Waals surface area contributed by atoms with Gasteiger partial charge in [0.1, 0.15) is 13.2 Å². The van der Waals surface area contributed by atoms with Crippen LogP contribution in [-0.2, 0) is 19.6 Å². The molecule has 0 saturated heterocycles. The minimum Gasteiger partial charge on any atom is -0.490 e. The first-order valence-electron chi connectivity index (χ1n) is 11.0. The van der Waals surface area contributed by atoms with E-state index in [1.165, 1.54) is 0 Å². The molecule has 0 aliphatic heterocycles. The summed E-state index contributed by atoms with van der Waals surface area (Å²) in [5, 5.41) is 9.48. The zero-order valence-electron chi connectivity index (χ0n) is 19.8. The van der Waals surface area contributed by atoms with Gasteiger partial charge in [0.15, 0.2) is 11.5 Å². The third kappa shape index (κ3) is 6.08. The van der Waals surface area contributed by atoms with Gasteiger partial charge in [-0.1, -0.05) is 72.3 Å². The minimum absolute atomic E-state index is 0.00388. The zero-order chi connectivity index (χ0) is 23.6. The number of rotatable bonds is 11. The van der Waals surface area contributed by atoms with Gasteiger partial charge in [-0.05, 0) is 31.4 Å². The normalized spacial score (nSPS) is 11.2. The van der Waals surface area contributed by atoms with Crippen molar-refractivity contribution < 1.29 is 24.1 Å². The van der Waals surface area contributed by atoms with Crippen LogP contribution in [0.15, 0.2) is 72.3 Å². The van der Waals surface area contributed by atoms with E-state index < -0.39 is 0 Å². The van der Waals surface area contributed by atoms with Crippen molar-refractivity contribution in [1.29, 1.82) is 0 Å². The topological polar surface area (TPSA) is 57.2 Å². The molecular formula is C28H32O5. The lowest BCUT2D eigenvalue weighted by molar-refractivity contribution is 0.253. The quantitative estimate of drug-likeness (QED) is 0.384. The van der Waals surface area contributed by atoms with Crippen LogP contribution in [0.2, 0.25) is 0 Å². The molecular weight excluding hydrogens is 416 g/mol. The molecule has 0 bridgehead atoms. The molecule has 3 aromatic rings. The van der Waals surface area contributed by atoms with Crippen LogP contribution in [0.4, 0.5) is 0 Å². The molecule has 5 nitrogen and oxygen atoms in total. The lowest BCUT2D eigenvalue weighted by atomic mass is 10.00. The summed E-state index contributed by atoms with van der Waals surface area (Å²) in [7, 11) is 3.20. The Morgan fingerprint density at radius 3 is 1.73 bits per heavy atom. The number of allylic oxidation sites excluding steroid dienone is 1. The number of aliphatic hydroxyl groups is 1. The summed E-state index contributed by atoms with van der Waals surface area (Å²) in [6.45, 7) is 4.68. The van der Waals surface area contributed by atoms with E-state index in [-0.39, 0.29) is 6.61 Å². The maximum atomic E-state index is 9.48. The van der Waals surface area contributed by atoms with Gasteiger partial charge in [0.25, 0.3) is 0 Å². The van der Waals surface area contributed by atoms with Crippen molar-refractivity contribution in [2.45, 2.75) is 33.5 Å². The van der Waals surface area contributed by atoms with Gasteiger partial charge in [-0.25, -0.2) is 0 Å². The van der Waals surface area contributed by atoms with E-state index in [9.17, 15) is 5.11 Å². The van der Waals surface area contributed by atoms with E-state index >= 15 is 0 Å². The van der Waals surface area contributed by atoms with Crippen LogP contribution in [0, 0.1) is 6.92 Å². The first kappa shape index (κ1) is 24.2. The van der Waals surface area contributed by atoms with E-state index in [1.807, 2.05) is 80.6 Å². The molecule has 0 saturated carbocycles. The second-order valence-electron chi connectivity index (χ2n) is 7.79. The molecule has 1 N–H and O–H groups in total. The van der Waals surface area contributed by atoms with E-state index in [1.54, 1.807) is 14.2 Å². The molecule has 0 spiro atoms. The van der Waals surface area contributed by atoms with Crippen LogP contribution < -0.4 is 18.9 Å². The Bertz CT molecular complexity index is 1060. The Morgan fingerprint density at radius 2 is 1.24 bits per heavy atom. The van der Waals surface area contributed by atoms with Crippen molar-refractivity contribution in [1.82, 2.24) is 0 Å². The third-order valence-corrected chi connectivity index (χ3v) is 5.45. The molecule has 0 atom stereocenters. The SMILES string of the molecule is COc1c(OCc2ccccc2)c(C)c(C/C=C(/C)CO)c(OCc2ccccc2)c1OC. The van der Waals surface area contributed by atoms with Gasteiger partial charge in [-0.3, -0.25) is 0 Å². The number of methoxy groups -OCH3 is 2. The molecule has 174 valence electrons. The molecule has 33 heavy (non-hydrogen) atoms. The van der Waals surface area contributed by atoms with Gasteiger partial charge in [0, 0.05) is 11.1 Å². The van der Waals surface area contributed by atoms with Crippen molar-refractivity contribution in [3.8, 4) is 23.0 Å². The van der Waals surface area contributed by atoms with Gasteiger partial charge in [0.2, 0.25) is 11.5 Å². The Labute approximate surface area is 196 Å². The van der Waals surface area contributed by atoms with Gasteiger partial charge >= 0.3 is 0 Å². The Kier molecular flexibility index (Phi) is 8.79.